The second-order valence-corrected chi connectivity index (χ2v) is 5.88. The molecule has 0 aromatic rings. The highest BCUT2D eigenvalue weighted by Crippen LogP contribution is 2.15. The summed E-state index contributed by atoms with van der Waals surface area (Å²) in [4.78, 5) is 22.8. The second-order valence-electron chi connectivity index (χ2n) is 5.88. The molecule has 118 valence electrons. The molecule has 0 saturated carbocycles. The Labute approximate surface area is 127 Å². The maximum atomic E-state index is 12.0. The molecule has 6 heteroatoms. The summed E-state index contributed by atoms with van der Waals surface area (Å²) in [5.74, 6) is -0.223. The van der Waals surface area contributed by atoms with E-state index in [0.29, 0.717) is 12.5 Å². The van der Waals surface area contributed by atoms with Gasteiger partial charge in [0.05, 0.1) is 5.92 Å². The first kappa shape index (κ1) is 19.2. The van der Waals surface area contributed by atoms with Gasteiger partial charge in [-0.3, -0.25) is 9.59 Å². The average molecular weight is 307 g/mol. The number of halogens is 1. The number of aliphatic carboxylic acids is 1. The molecule has 1 saturated heterocycles. The van der Waals surface area contributed by atoms with Gasteiger partial charge in [-0.2, -0.15) is 0 Å². The minimum absolute atomic E-state index is 0. The number of rotatable bonds is 7. The zero-order chi connectivity index (χ0) is 14.3. The fourth-order valence-electron chi connectivity index (χ4n) is 2.62. The Morgan fingerprint density at radius 1 is 1.40 bits per heavy atom. The monoisotopic (exact) mass is 306 g/mol. The van der Waals surface area contributed by atoms with E-state index in [2.05, 4.69) is 24.5 Å². The summed E-state index contributed by atoms with van der Waals surface area (Å²) in [5, 5.41) is 15.0. The summed E-state index contributed by atoms with van der Waals surface area (Å²) in [5.41, 5.74) is 0. The van der Waals surface area contributed by atoms with E-state index in [1.54, 1.807) is 0 Å². The van der Waals surface area contributed by atoms with Gasteiger partial charge in [-0.15, -0.1) is 12.4 Å². The second kappa shape index (κ2) is 10.00. The molecule has 1 fully saturated rings. The Kier molecular flexibility index (Phi) is 9.59. The first-order chi connectivity index (χ1) is 8.99. The summed E-state index contributed by atoms with van der Waals surface area (Å²) in [6.07, 6.45) is 2.91. The zero-order valence-electron chi connectivity index (χ0n) is 12.4. The van der Waals surface area contributed by atoms with E-state index in [1.807, 2.05) is 0 Å². The molecular formula is C14H27ClN2O3. The summed E-state index contributed by atoms with van der Waals surface area (Å²) >= 11 is 0. The van der Waals surface area contributed by atoms with Crippen molar-refractivity contribution in [2.75, 3.05) is 19.6 Å². The fourth-order valence-corrected chi connectivity index (χ4v) is 2.62. The fraction of sp³-hybridized carbons (Fsp3) is 0.857. The highest BCUT2D eigenvalue weighted by Gasteiger charge is 2.22. The molecule has 0 aromatic heterocycles. The summed E-state index contributed by atoms with van der Waals surface area (Å²) in [6, 6.07) is 0. The van der Waals surface area contributed by atoms with E-state index in [9.17, 15) is 9.59 Å². The third-order valence-corrected chi connectivity index (χ3v) is 3.50. The van der Waals surface area contributed by atoms with Crippen LogP contribution in [-0.2, 0) is 9.59 Å². The average Bonchev–Trinajstić information content (AvgIpc) is 2.35. The molecule has 2 atom stereocenters. The van der Waals surface area contributed by atoms with Crippen LogP contribution in [0.15, 0.2) is 0 Å². The van der Waals surface area contributed by atoms with Gasteiger partial charge in [0, 0.05) is 19.5 Å². The summed E-state index contributed by atoms with van der Waals surface area (Å²) in [6.45, 7) is 6.33. The lowest BCUT2D eigenvalue weighted by Crippen LogP contribution is -2.42. The van der Waals surface area contributed by atoms with E-state index in [0.717, 1.165) is 32.4 Å². The number of carboxylic acids is 1. The molecule has 2 unspecified atom stereocenters. The van der Waals surface area contributed by atoms with E-state index >= 15 is 0 Å². The van der Waals surface area contributed by atoms with Crippen molar-refractivity contribution in [1.82, 2.24) is 10.6 Å². The smallest absolute Gasteiger partial charge is 0.303 e. The highest BCUT2D eigenvalue weighted by atomic mass is 35.5. The maximum absolute atomic E-state index is 12.0. The molecule has 1 aliphatic rings. The van der Waals surface area contributed by atoms with Gasteiger partial charge < -0.3 is 15.7 Å². The number of hydrogen-bond donors (Lipinski definition) is 3. The summed E-state index contributed by atoms with van der Waals surface area (Å²) in [7, 11) is 0. The van der Waals surface area contributed by atoms with E-state index in [1.165, 1.54) is 0 Å². The Bertz CT molecular complexity index is 305. The lowest BCUT2D eigenvalue weighted by atomic mass is 9.93. The molecule has 1 amide bonds. The first-order valence-corrected chi connectivity index (χ1v) is 7.19. The molecule has 0 radical (unpaired) electrons. The highest BCUT2D eigenvalue weighted by molar-refractivity contribution is 5.85. The van der Waals surface area contributed by atoms with Crippen LogP contribution in [0.2, 0.25) is 0 Å². The molecule has 0 aromatic carbocycles. The van der Waals surface area contributed by atoms with Gasteiger partial charge in [0.1, 0.15) is 0 Å². The van der Waals surface area contributed by atoms with Crippen molar-refractivity contribution in [2.45, 2.75) is 39.5 Å². The predicted octanol–water partition coefficient (Wildman–Crippen LogP) is 1.66. The molecule has 5 nitrogen and oxygen atoms in total. The largest absolute Gasteiger partial charge is 0.481 e. The van der Waals surface area contributed by atoms with Crippen molar-refractivity contribution in [1.29, 1.82) is 0 Å². The van der Waals surface area contributed by atoms with Gasteiger partial charge in [-0.1, -0.05) is 13.8 Å². The number of carbonyl (C=O) groups excluding carboxylic acids is 1. The molecule has 0 aliphatic carbocycles. The van der Waals surface area contributed by atoms with E-state index in [4.69, 9.17) is 5.11 Å². The van der Waals surface area contributed by atoms with Crippen molar-refractivity contribution in [3.8, 4) is 0 Å². The molecule has 20 heavy (non-hydrogen) atoms. The molecule has 0 spiro atoms. The van der Waals surface area contributed by atoms with Crippen LogP contribution in [0, 0.1) is 17.8 Å². The number of hydrogen-bond acceptors (Lipinski definition) is 3. The first-order valence-electron chi connectivity index (χ1n) is 7.19. The quantitative estimate of drug-likeness (QED) is 0.668. The van der Waals surface area contributed by atoms with Crippen molar-refractivity contribution in [3.63, 3.8) is 0 Å². The van der Waals surface area contributed by atoms with Gasteiger partial charge >= 0.3 is 5.97 Å². The van der Waals surface area contributed by atoms with E-state index < -0.39 is 5.97 Å². The normalized spacial score (nSPS) is 20.1. The topological polar surface area (TPSA) is 78.4 Å². The lowest BCUT2D eigenvalue weighted by molar-refractivity contribution is -0.138. The minimum atomic E-state index is -0.792. The third-order valence-electron chi connectivity index (χ3n) is 3.50. The standard InChI is InChI=1S/C14H26N2O3.ClH/c1-10(2)6-11(7-13(17)18)8-16-14(19)12-4-3-5-15-9-12;/h10-12,15H,3-9H2,1-2H3,(H,16,19)(H,17,18);1H. The van der Waals surface area contributed by atoms with Gasteiger partial charge in [0.25, 0.3) is 0 Å². The van der Waals surface area contributed by atoms with Crippen LogP contribution >= 0.6 is 12.4 Å². The van der Waals surface area contributed by atoms with Crippen molar-refractivity contribution < 1.29 is 14.7 Å². The SMILES string of the molecule is CC(C)CC(CNC(=O)C1CCCNC1)CC(=O)O.Cl. The van der Waals surface area contributed by atoms with Gasteiger partial charge in [-0.05, 0) is 37.6 Å². The predicted molar refractivity (Wildman–Crippen MR) is 81.0 cm³/mol. The van der Waals surface area contributed by atoms with Crippen LogP contribution in [0.25, 0.3) is 0 Å². The Morgan fingerprint density at radius 3 is 2.60 bits per heavy atom. The van der Waals surface area contributed by atoms with Gasteiger partial charge in [-0.25, -0.2) is 0 Å². The zero-order valence-corrected chi connectivity index (χ0v) is 13.2. The van der Waals surface area contributed by atoms with Crippen LogP contribution in [0.5, 0.6) is 0 Å². The minimum Gasteiger partial charge on any atom is -0.481 e. The number of nitrogens with one attached hydrogen (secondary N) is 2. The number of amides is 1. The maximum Gasteiger partial charge on any atom is 0.303 e. The van der Waals surface area contributed by atoms with Crippen molar-refractivity contribution in [3.05, 3.63) is 0 Å². The molecule has 1 aliphatic heterocycles. The lowest BCUT2D eigenvalue weighted by Gasteiger charge is -2.24. The Balaban J connectivity index is 0.00000361. The van der Waals surface area contributed by atoms with Crippen LogP contribution in [0.3, 0.4) is 0 Å². The Morgan fingerprint density at radius 2 is 2.10 bits per heavy atom. The van der Waals surface area contributed by atoms with Crippen LogP contribution in [-0.4, -0.2) is 36.6 Å². The number of carbonyl (C=O) groups is 2. The van der Waals surface area contributed by atoms with E-state index in [-0.39, 0.29) is 36.6 Å². The molecule has 3 N–H and O–H groups in total. The number of piperidine rings is 1. The van der Waals surface area contributed by atoms with Crippen LogP contribution < -0.4 is 10.6 Å². The molecule has 1 rings (SSSR count). The van der Waals surface area contributed by atoms with Crippen molar-refractivity contribution in [2.24, 2.45) is 17.8 Å². The Hall–Kier alpha value is -0.810. The molecular weight excluding hydrogens is 280 g/mol. The van der Waals surface area contributed by atoms with Crippen LogP contribution in [0.1, 0.15) is 39.5 Å². The van der Waals surface area contributed by atoms with Gasteiger partial charge in [0.15, 0.2) is 0 Å². The number of carboxylic acid groups (broad SMARTS) is 1. The van der Waals surface area contributed by atoms with Crippen LogP contribution in [0.4, 0.5) is 0 Å². The third kappa shape index (κ3) is 7.70. The van der Waals surface area contributed by atoms with Gasteiger partial charge in [0.2, 0.25) is 5.91 Å². The molecule has 0 bridgehead atoms. The van der Waals surface area contributed by atoms with Crippen molar-refractivity contribution >= 4 is 24.3 Å². The molecule has 1 heterocycles. The summed E-state index contributed by atoms with van der Waals surface area (Å²) < 4.78 is 0.